The lowest BCUT2D eigenvalue weighted by Crippen LogP contribution is -2.16. The molecule has 8 heteroatoms. The molecule has 3 rings (SSSR count). The lowest BCUT2D eigenvalue weighted by molar-refractivity contribution is 0.102. The normalized spacial score (nSPS) is 10.9. The number of rotatable bonds is 6. The molecular weight excluding hydrogens is 444 g/mol. The van der Waals surface area contributed by atoms with Crippen LogP contribution in [0.4, 0.5) is 11.4 Å². The fraction of sp³-hybridized carbons (Fsp3) is 0.0500. The highest BCUT2D eigenvalue weighted by Crippen LogP contribution is 2.21. The Morgan fingerprint density at radius 1 is 0.929 bits per heavy atom. The lowest BCUT2D eigenvalue weighted by Gasteiger charge is -2.10. The van der Waals surface area contributed by atoms with Crippen LogP contribution in [0.5, 0.6) is 5.75 Å². The van der Waals surface area contributed by atoms with E-state index in [1.54, 1.807) is 54.6 Å². The summed E-state index contributed by atoms with van der Waals surface area (Å²) >= 11 is 3.33. The summed E-state index contributed by atoms with van der Waals surface area (Å²) < 4.78 is 33.7. The Morgan fingerprint density at radius 2 is 1.57 bits per heavy atom. The Balaban J connectivity index is 1.78. The van der Waals surface area contributed by atoms with Crippen LogP contribution >= 0.6 is 15.9 Å². The summed E-state index contributed by atoms with van der Waals surface area (Å²) in [7, 11) is -2.31. The third-order valence-electron chi connectivity index (χ3n) is 3.85. The molecule has 0 aliphatic carbocycles. The molecule has 0 aliphatic heterocycles. The average molecular weight is 461 g/mol. The minimum Gasteiger partial charge on any atom is -0.497 e. The van der Waals surface area contributed by atoms with E-state index in [2.05, 4.69) is 26.0 Å². The predicted octanol–water partition coefficient (Wildman–Crippen LogP) is 4.51. The first-order valence-corrected chi connectivity index (χ1v) is 10.5. The number of amides is 1. The Labute approximate surface area is 171 Å². The number of carbonyl (C=O) groups is 1. The zero-order valence-electron chi connectivity index (χ0n) is 14.8. The number of hydrogen-bond donors (Lipinski definition) is 2. The molecule has 2 N–H and O–H groups in total. The fourth-order valence-corrected chi connectivity index (χ4v) is 3.78. The van der Waals surface area contributed by atoms with Crippen molar-refractivity contribution in [1.82, 2.24) is 0 Å². The number of anilines is 2. The molecule has 0 atom stereocenters. The van der Waals surface area contributed by atoms with Gasteiger partial charge in [-0.2, -0.15) is 0 Å². The van der Waals surface area contributed by atoms with Crippen LogP contribution in [0.1, 0.15) is 10.4 Å². The molecule has 0 heterocycles. The molecule has 0 bridgehead atoms. The molecule has 1 amide bonds. The smallest absolute Gasteiger partial charge is 0.261 e. The number of carbonyl (C=O) groups excluding carboxylic acids is 1. The molecule has 0 saturated carbocycles. The Hall–Kier alpha value is -2.84. The van der Waals surface area contributed by atoms with Gasteiger partial charge in [0.2, 0.25) is 0 Å². The summed E-state index contributed by atoms with van der Waals surface area (Å²) in [6, 6.07) is 19.4. The van der Waals surface area contributed by atoms with E-state index in [4.69, 9.17) is 4.74 Å². The number of halogens is 1. The zero-order chi connectivity index (χ0) is 20.1. The van der Waals surface area contributed by atoms with Crippen molar-refractivity contribution in [2.75, 3.05) is 17.1 Å². The van der Waals surface area contributed by atoms with Gasteiger partial charge < -0.3 is 10.1 Å². The van der Waals surface area contributed by atoms with Crippen molar-refractivity contribution in [2.45, 2.75) is 4.90 Å². The van der Waals surface area contributed by atoms with Crippen LogP contribution in [-0.4, -0.2) is 21.4 Å². The molecule has 0 radical (unpaired) electrons. The Bertz CT molecular complexity index is 1080. The summed E-state index contributed by atoms with van der Waals surface area (Å²) in [4.78, 5) is 12.4. The molecule has 28 heavy (non-hydrogen) atoms. The SMILES string of the molecule is COc1ccc(NS(=O)(=O)c2cccc(C(=O)Nc3ccc(Br)cc3)c2)cc1. The largest absolute Gasteiger partial charge is 0.497 e. The van der Waals surface area contributed by atoms with Gasteiger partial charge in [-0.15, -0.1) is 0 Å². The molecule has 0 unspecified atom stereocenters. The van der Waals surface area contributed by atoms with Crippen molar-refractivity contribution in [2.24, 2.45) is 0 Å². The third-order valence-corrected chi connectivity index (χ3v) is 5.76. The van der Waals surface area contributed by atoms with Gasteiger partial charge in [0.15, 0.2) is 0 Å². The Kier molecular flexibility index (Phi) is 6.01. The maximum Gasteiger partial charge on any atom is 0.261 e. The van der Waals surface area contributed by atoms with Gasteiger partial charge in [-0.25, -0.2) is 8.42 Å². The van der Waals surface area contributed by atoms with E-state index in [1.165, 1.54) is 25.3 Å². The number of ether oxygens (including phenoxy) is 1. The first kappa shape index (κ1) is 19.9. The standard InChI is InChI=1S/C20H17BrN2O4S/c1-27-18-11-9-17(10-12-18)23-28(25,26)19-4-2-3-14(13-19)20(24)22-16-7-5-15(21)6-8-16/h2-13,23H,1H3,(H,22,24). The minimum atomic E-state index is -3.84. The molecule has 144 valence electrons. The lowest BCUT2D eigenvalue weighted by atomic mass is 10.2. The van der Waals surface area contributed by atoms with Gasteiger partial charge in [-0.3, -0.25) is 9.52 Å². The second-order valence-electron chi connectivity index (χ2n) is 5.82. The van der Waals surface area contributed by atoms with E-state index in [1.807, 2.05) is 0 Å². The van der Waals surface area contributed by atoms with Gasteiger partial charge in [-0.05, 0) is 66.7 Å². The van der Waals surface area contributed by atoms with Crippen LogP contribution in [0.3, 0.4) is 0 Å². The summed E-state index contributed by atoms with van der Waals surface area (Å²) in [6.07, 6.45) is 0. The van der Waals surface area contributed by atoms with Gasteiger partial charge in [-0.1, -0.05) is 22.0 Å². The second-order valence-corrected chi connectivity index (χ2v) is 8.42. The van der Waals surface area contributed by atoms with Crippen molar-refractivity contribution in [1.29, 1.82) is 0 Å². The van der Waals surface area contributed by atoms with E-state index in [0.717, 1.165) is 4.47 Å². The Morgan fingerprint density at radius 3 is 2.21 bits per heavy atom. The minimum absolute atomic E-state index is 0.00762. The van der Waals surface area contributed by atoms with Gasteiger partial charge >= 0.3 is 0 Å². The number of benzene rings is 3. The van der Waals surface area contributed by atoms with Crippen LogP contribution in [0.15, 0.2) is 82.2 Å². The molecule has 0 aromatic heterocycles. The van der Waals surface area contributed by atoms with E-state index >= 15 is 0 Å². The topological polar surface area (TPSA) is 84.5 Å². The quantitative estimate of drug-likeness (QED) is 0.566. The molecular formula is C20H17BrN2O4S. The van der Waals surface area contributed by atoms with Crippen molar-refractivity contribution in [3.05, 3.63) is 82.8 Å². The van der Waals surface area contributed by atoms with Crippen molar-refractivity contribution < 1.29 is 17.9 Å². The maximum atomic E-state index is 12.6. The molecule has 3 aromatic carbocycles. The van der Waals surface area contributed by atoms with Crippen LogP contribution in [0.2, 0.25) is 0 Å². The predicted molar refractivity (Wildman–Crippen MR) is 112 cm³/mol. The molecule has 0 aliphatic rings. The van der Waals surface area contributed by atoms with E-state index in [0.29, 0.717) is 17.1 Å². The number of methoxy groups -OCH3 is 1. The van der Waals surface area contributed by atoms with E-state index < -0.39 is 15.9 Å². The molecule has 0 saturated heterocycles. The highest BCUT2D eigenvalue weighted by Gasteiger charge is 2.17. The summed E-state index contributed by atoms with van der Waals surface area (Å²) in [5.41, 5.74) is 1.24. The number of hydrogen-bond acceptors (Lipinski definition) is 4. The van der Waals surface area contributed by atoms with E-state index in [-0.39, 0.29) is 10.5 Å². The first-order chi connectivity index (χ1) is 13.4. The molecule has 0 fully saturated rings. The number of nitrogens with one attached hydrogen (secondary N) is 2. The summed E-state index contributed by atoms with van der Waals surface area (Å²) in [5.74, 6) is 0.221. The van der Waals surface area contributed by atoms with Crippen LogP contribution in [-0.2, 0) is 10.0 Å². The first-order valence-electron chi connectivity index (χ1n) is 8.21. The van der Waals surface area contributed by atoms with Gasteiger partial charge in [0.05, 0.1) is 12.0 Å². The summed E-state index contributed by atoms with van der Waals surface area (Å²) in [5, 5.41) is 2.74. The van der Waals surface area contributed by atoms with Gasteiger partial charge in [0.25, 0.3) is 15.9 Å². The van der Waals surface area contributed by atoms with Crippen molar-refractivity contribution >= 4 is 43.2 Å². The van der Waals surface area contributed by atoms with E-state index in [9.17, 15) is 13.2 Å². The molecule has 3 aromatic rings. The monoisotopic (exact) mass is 460 g/mol. The van der Waals surface area contributed by atoms with Crippen LogP contribution < -0.4 is 14.8 Å². The zero-order valence-corrected chi connectivity index (χ0v) is 17.2. The van der Waals surface area contributed by atoms with Gasteiger partial charge in [0.1, 0.15) is 5.75 Å². The van der Waals surface area contributed by atoms with Crippen LogP contribution in [0.25, 0.3) is 0 Å². The number of sulfonamides is 1. The fourth-order valence-electron chi connectivity index (χ4n) is 2.41. The highest BCUT2D eigenvalue weighted by molar-refractivity contribution is 9.10. The van der Waals surface area contributed by atoms with Crippen molar-refractivity contribution in [3.63, 3.8) is 0 Å². The van der Waals surface area contributed by atoms with Crippen LogP contribution in [0, 0.1) is 0 Å². The summed E-state index contributed by atoms with van der Waals surface area (Å²) in [6.45, 7) is 0. The van der Waals surface area contributed by atoms with Crippen molar-refractivity contribution in [3.8, 4) is 5.75 Å². The molecule has 0 spiro atoms. The highest BCUT2D eigenvalue weighted by atomic mass is 79.9. The third kappa shape index (κ3) is 4.90. The second kappa shape index (κ2) is 8.45. The molecule has 6 nitrogen and oxygen atoms in total. The van der Waals surface area contributed by atoms with Gasteiger partial charge in [0, 0.05) is 21.4 Å². The average Bonchev–Trinajstić information content (AvgIpc) is 2.70. The maximum absolute atomic E-state index is 12.6.